The van der Waals surface area contributed by atoms with Gasteiger partial charge in [0.2, 0.25) is 0 Å². The van der Waals surface area contributed by atoms with Crippen LogP contribution in [-0.2, 0) is 17.8 Å². The monoisotopic (exact) mass is 234 g/mol. The average molecular weight is 234 g/mol. The lowest BCUT2D eigenvalue weighted by Gasteiger charge is -2.02. The van der Waals surface area contributed by atoms with Crippen LogP contribution < -0.4 is 5.56 Å². The van der Waals surface area contributed by atoms with E-state index in [0.717, 1.165) is 11.1 Å². The SMILES string of the molecule is CCn1[nH]c(=O)c2c(CCC(=O)O)cccc21. The zero-order chi connectivity index (χ0) is 12.4. The van der Waals surface area contributed by atoms with Crippen molar-refractivity contribution in [1.82, 2.24) is 9.78 Å². The Hall–Kier alpha value is -2.04. The normalized spacial score (nSPS) is 10.9. The highest BCUT2D eigenvalue weighted by Crippen LogP contribution is 2.16. The maximum Gasteiger partial charge on any atom is 0.303 e. The number of aryl methyl sites for hydroxylation is 2. The maximum absolute atomic E-state index is 11.8. The molecule has 1 aromatic carbocycles. The quantitative estimate of drug-likeness (QED) is 0.838. The van der Waals surface area contributed by atoms with Crippen LogP contribution in [0.2, 0.25) is 0 Å². The molecule has 90 valence electrons. The highest BCUT2D eigenvalue weighted by atomic mass is 16.4. The second kappa shape index (κ2) is 4.45. The molecule has 5 heteroatoms. The largest absolute Gasteiger partial charge is 0.481 e. The summed E-state index contributed by atoms with van der Waals surface area (Å²) >= 11 is 0. The number of benzene rings is 1. The fourth-order valence-corrected chi connectivity index (χ4v) is 2.01. The Kier molecular flexibility index (Phi) is 2.99. The van der Waals surface area contributed by atoms with Gasteiger partial charge in [-0.3, -0.25) is 19.4 Å². The van der Waals surface area contributed by atoms with E-state index in [1.165, 1.54) is 0 Å². The summed E-state index contributed by atoms with van der Waals surface area (Å²) in [4.78, 5) is 22.4. The van der Waals surface area contributed by atoms with Crippen molar-refractivity contribution < 1.29 is 9.90 Å². The molecular weight excluding hydrogens is 220 g/mol. The average Bonchev–Trinajstić information content (AvgIpc) is 2.64. The molecular formula is C12H14N2O3. The molecule has 0 amide bonds. The van der Waals surface area contributed by atoms with Gasteiger partial charge < -0.3 is 5.11 Å². The molecule has 0 aliphatic carbocycles. The number of carboxylic acids is 1. The Balaban J connectivity index is 2.53. The molecule has 1 aromatic heterocycles. The van der Waals surface area contributed by atoms with E-state index in [1.807, 2.05) is 19.1 Å². The summed E-state index contributed by atoms with van der Waals surface area (Å²) in [5.41, 5.74) is 1.47. The summed E-state index contributed by atoms with van der Waals surface area (Å²) in [6.45, 7) is 2.63. The fourth-order valence-electron chi connectivity index (χ4n) is 2.01. The number of fused-ring (bicyclic) bond motifs is 1. The number of aliphatic carboxylic acids is 1. The maximum atomic E-state index is 11.8. The van der Waals surface area contributed by atoms with Crippen LogP contribution in [0.3, 0.4) is 0 Å². The van der Waals surface area contributed by atoms with Crippen molar-refractivity contribution in [3.63, 3.8) is 0 Å². The number of nitrogens with one attached hydrogen (secondary N) is 1. The molecule has 2 rings (SSSR count). The van der Waals surface area contributed by atoms with Gasteiger partial charge in [-0.25, -0.2) is 0 Å². The minimum absolute atomic E-state index is 0.0376. The van der Waals surface area contributed by atoms with Gasteiger partial charge in [0.15, 0.2) is 0 Å². The van der Waals surface area contributed by atoms with E-state index >= 15 is 0 Å². The first-order valence-electron chi connectivity index (χ1n) is 5.55. The third kappa shape index (κ3) is 2.08. The van der Waals surface area contributed by atoms with Gasteiger partial charge in [0.05, 0.1) is 10.9 Å². The Bertz CT molecular complexity index is 610. The van der Waals surface area contributed by atoms with Crippen LogP contribution in [0.25, 0.3) is 10.9 Å². The van der Waals surface area contributed by atoms with E-state index in [2.05, 4.69) is 5.10 Å². The van der Waals surface area contributed by atoms with Gasteiger partial charge in [-0.1, -0.05) is 12.1 Å². The van der Waals surface area contributed by atoms with Gasteiger partial charge in [0.1, 0.15) is 0 Å². The van der Waals surface area contributed by atoms with Gasteiger partial charge in [-0.2, -0.15) is 0 Å². The van der Waals surface area contributed by atoms with E-state index in [9.17, 15) is 9.59 Å². The molecule has 0 aliphatic rings. The molecule has 17 heavy (non-hydrogen) atoms. The zero-order valence-corrected chi connectivity index (χ0v) is 9.56. The van der Waals surface area contributed by atoms with Crippen LogP contribution in [-0.4, -0.2) is 20.9 Å². The van der Waals surface area contributed by atoms with Gasteiger partial charge in [-0.05, 0) is 25.0 Å². The van der Waals surface area contributed by atoms with Gasteiger partial charge in [-0.15, -0.1) is 0 Å². The first-order valence-corrected chi connectivity index (χ1v) is 5.55. The lowest BCUT2D eigenvalue weighted by molar-refractivity contribution is -0.136. The zero-order valence-electron chi connectivity index (χ0n) is 9.56. The molecule has 1 heterocycles. The molecule has 0 aliphatic heterocycles. The molecule has 0 atom stereocenters. The fraction of sp³-hybridized carbons (Fsp3) is 0.333. The number of carbonyl (C=O) groups is 1. The number of carboxylic acid groups (broad SMARTS) is 1. The van der Waals surface area contributed by atoms with Crippen LogP contribution in [0.5, 0.6) is 0 Å². The molecule has 0 radical (unpaired) electrons. The molecule has 2 N–H and O–H groups in total. The van der Waals surface area contributed by atoms with E-state index < -0.39 is 5.97 Å². The van der Waals surface area contributed by atoms with Crippen molar-refractivity contribution in [2.24, 2.45) is 0 Å². The minimum atomic E-state index is -0.853. The summed E-state index contributed by atoms with van der Waals surface area (Å²) in [5.74, 6) is -0.853. The van der Waals surface area contributed by atoms with Crippen LogP contribution in [0, 0.1) is 0 Å². The van der Waals surface area contributed by atoms with Crippen molar-refractivity contribution in [1.29, 1.82) is 0 Å². The van der Waals surface area contributed by atoms with E-state index in [4.69, 9.17) is 5.11 Å². The predicted octanol–water partition coefficient (Wildman–Crippen LogP) is 1.37. The molecule has 0 saturated carbocycles. The van der Waals surface area contributed by atoms with Crippen molar-refractivity contribution in [3.05, 3.63) is 34.1 Å². The highest BCUT2D eigenvalue weighted by Gasteiger charge is 2.10. The van der Waals surface area contributed by atoms with E-state index in [1.54, 1.807) is 10.7 Å². The molecule has 5 nitrogen and oxygen atoms in total. The smallest absolute Gasteiger partial charge is 0.303 e. The summed E-state index contributed by atoms with van der Waals surface area (Å²) in [5, 5.41) is 12.0. The van der Waals surface area contributed by atoms with Crippen LogP contribution >= 0.6 is 0 Å². The molecule has 0 saturated heterocycles. The summed E-state index contributed by atoms with van der Waals surface area (Å²) in [7, 11) is 0. The number of hydrogen-bond donors (Lipinski definition) is 2. The summed E-state index contributed by atoms with van der Waals surface area (Å²) in [6, 6.07) is 5.51. The summed E-state index contributed by atoms with van der Waals surface area (Å²) in [6.07, 6.45) is 0.416. The van der Waals surface area contributed by atoms with Crippen molar-refractivity contribution in [3.8, 4) is 0 Å². The third-order valence-electron chi connectivity index (χ3n) is 2.81. The summed E-state index contributed by atoms with van der Waals surface area (Å²) < 4.78 is 1.77. The number of hydrogen-bond acceptors (Lipinski definition) is 2. The van der Waals surface area contributed by atoms with Crippen molar-refractivity contribution in [2.45, 2.75) is 26.3 Å². The lowest BCUT2D eigenvalue weighted by atomic mass is 10.1. The standard InChI is InChI=1S/C12H14N2O3/c1-2-14-9-5-3-4-8(6-7-10(15)16)11(9)12(17)13-14/h3-5H,2,6-7H2,1H3,(H,13,17)(H,15,16). The van der Waals surface area contributed by atoms with Gasteiger partial charge in [0, 0.05) is 13.0 Å². The Morgan fingerprint density at radius 3 is 2.88 bits per heavy atom. The number of rotatable bonds is 4. The van der Waals surface area contributed by atoms with Crippen molar-refractivity contribution in [2.75, 3.05) is 0 Å². The van der Waals surface area contributed by atoms with Crippen molar-refractivity contribution >= 4 is 16.9 Å². The van der Waals surface area contributed by atoms with Crippen LogP contribution in [0.15, 0.2) is 23.0 Å². The lowest BCUT2D eigenvalue weighted by Crippen LogP contribution is -2.05. The molecule has 0 spiro atoms. The molecule has 0 bridgehead atoms. The van der Waals surface area contributed by atoms with Gasteiger partial charge in [0.25, 0.3) is 5.56 Å². The van der Waals surface area contributed by atoms with E-state index in [0.29, 0.717) is 18.4 Å². The highest BCUT2D eigenvalue weighted by molar-refractivity contribution is 5.82. The van der Waals surface area contributed by atoms with Crippen LogP contribution in [0.1, 0.15) is 18.9 Å². The second-order valence-corrected chi connectivity index (χ2v) is 3.89. The number of H-pyrrole nitrogens is 1. The number of aromatic nitrogens is 2. The Labute approximate surface area is 97.7 Å². The van der Waals surface area contributed by atoms with Gasteiger partial charge >= 0.3 is 5.97 Å². The first kappa shape index (κ1) is 11.4. The van der Waals surface area contributed by atoms with E-state index in [-0.39, 0.29) is 12.0 Å². The third-order valence-corrected chi connectivity index (χ3v) is 2.81. The Morgan fingerprint density at radius 2 is 2.24 bits per heavy atom. The topological polar surface area (TPSA) is 75.1 Å². The number of nitrogens with zero attached hydrogens (tertiary/aromatic N) is 1. The number of aromatic amines is 1. The Morgan fingerprint density at radius 1 is 1.47 bits per heavy atom. The molecule has 2 aromatic rings. The first-order chi connectivity index (χ1) is 8.13. The second-order valence-electron chi connectivity index (χ2n) is 3.89. The molecule has 0 unspecified atom stereocenters. The predicted molar refractivity (Wildman–Crippen MR) is 64.2 cm³/mol. The molecule has 0 fully saturated rings. The minimum Gasteiger partial charge on any atom is -0.481 e. The van der Waals surface area contributed by atoms with Crippen LogP contribution in [0.4, 0.5) is 0 Å².